The Bertz CT molecular complexity index is 394. The van der Waals surface area contributed by atoms with E-state index in [1.165, 1.54) is 6.26 Å². The Kier molecular flexibility index (Phi) is 7.32. The number of carbonyl (C=O) groups excluding carboxylic acids is 1. The Labute approximate surface area is 122 Å². The van der Waals surface area contributed by atoms with Crippen LogP contribution in [0.3, 0.4) is 0 Å². The molecule has 3 unspecified atom stereocenters. The second-order valence-corrected chi connectivity index (χ2v) is 7.68. The number of hydrogen-bond donors (Lipinski definition) is 1. The van der Waals surface area contributed by atoms with Crippen molar-refractivity contribution in [2.75, 3.05) is 19.8 Å². The van der Waals surface area contributed by atoms with Crippen LogP contribution in [0.5, 0.6) is 0 Å². The number of sulfone groups is 1. The van der Waals surface area contributed by atoms with E-state index in [4.69, 9.17) is 0 Å². The minimum Gasteiger partial charge on any atom is -0.342 e. The van der Waals surface area contributed by atoms with Gasteiger partial charge in [-0.1, -0.05) is 0 Å². The highest BCUT2D eigenvalue weighted by atomic mass is 35.5. The Hall–Kier alpha value is -0.330. The van der Waals surface area contributed by atoms with Crippen molar-refractivity contribution in [2.45, 2.75) is 50.4 Å². The number of hydrogen-bond acceptors (Lipinski definition) is 4. The maximum atomic E-state index is 12.1. The van der Waals surface area contributed by atoms with Crippen LogP contribution in [0.1, 0.15) is 33.1 Å². The molecule has 0 spiro atoms. The molecule has 1 rings (SSSR count). The fraction of sp³-hybridized carbons (Fsp3) is 0.917. The van der Waals surface area contributed by atoms with E-state index >= 15 is 0 Å². The fourth-order valence-electron chi connectivity index (χ4n) is 2.19. The first kappa shape index (κ1) is 18.7. The number of rotatable bonds is 5. The molecule has 1 N–H and O–H groups in total. The number of nitrogens with zero attached hydrogens (tertiary/aromatic N) is 1. The second-order valence-electron chi connectivity index (χ2n) is 5.28. The SMILES string of the molecule is CC(C(C)S(C)(=O)=O)N(C)C(=O)CC1CCCN1.Cl. The van der Waals surface area contributed by atoms with Gasteiger partial charge < -0.3 is 10.2 Å². The third-order valence-corrected chi connectivity index (χ3v) is 5.69. The molecule has 0 saturated carbocycles. The maximum Gasteiger partial charge on any atom is 0.224 e. The Morgan fingerprint density at radius 3 is 2.42 bits per heavy atom. The zero-order chi connectivity index (χ0) is 13.9. The summed E-state index contributed by atoms with van der Waals surface area (Å²) in [6.45, 7) is 4.40. The predicted molar refractivity (Wildman–Crippen MR) is 79.4 cm³/mol. The maximum absolute atomic E-state index is 12.1. The van der Waals surface area contributed by atoms with Gasteiger partial charge in [0.05, 0.1) is 5.25 Å². The van der Waals surface area contributed by atoms with Crippen molar-refractivity contribution in [2.24, 2.45) is 0 Å². The molecule has 1 aliphatic rings. The zero-order valence-corrected chi connectivity index (χ0v) is 13.7. The van der Waals surface area contributed by atoms with Crippen LogP contribution in [0.25, 0.3) is 0 Å². The van der Waals surface area contributed by atoms with Crippen LogP contribution in [0.2, 0.25) is 0 Å². The molecular formula is C12H25ClN2O3S. The summed E-state index contributed by atoms with van der Waals surface area (Å²) >= 11 is 0. The van der Waals surface area contributed by atoms with Gasteiger partial charge in [0.15, 0.2) is 9.84 Å². The lowest BCUT2D eigenvalue weighted by molar-refractivity contribution is -0.132. The van der Waals surface area contributed by atoms with E-state index in [-0.39, 0.29) is 30.4 Å². The van der Waals surface area contributed by atoms with Crippen LogP contribution in [0.15, 0.2) is 0 Å². The summed E-state index contributed by atoms with van der Waals surface area (Å²) in [4.78, 5) is 13.6. The predicted octanol–water partition coefficient (Wildman–Crippen LogP) is 0.830. The summed E-state index contributed by atoms with van der Waals surface area (Å²) in [5, 5.41) is 2.74. The minimum atomic E-state index is -3.12. The lowest BCUT2D eigenvalue weighted by atomic mass is 10.1. The van der Waals surface area contributed by atoms with E-state index in [9.17, 15) is 13.2 Å². The molecule has 1 amide bonds. The topological polar surface area (TPSA) is 66.5 Å². The summed E-state index contributed by atoms with van der Waals surface area (Å²) in [7, 11) is -1.43. The zero-order valence-electron chi connectivity index (χ0n) is 12.0. The molecule has 1 fully saturated rings. The van der Waals surface area contributed by atoms with Crippen molar-refractivity contribution in [1.29, 1.82) is 0 Å². The van der Waals surface area contributed by atoms with E-state index in [1.54, 1.807) is 25.8 Å². The van der Waals surface area contributed by atoms with Gasteiger partial charge in [0.2, 0.25) is 5.91 Å². The molecule has 0 aromatic heterocycles. The van der Waals surface area contributed by atoms with E-state index in [0.717, 1.165) is 19.4 Å². The molecule has 5 nitrogen and oxygen atoms in total. The van der Waals surface area contributed by atoms with Crippen molar-refractivity contribution in [1.82, 2.24) is 10.2 Å². The highest BCUT2D eigenvalue weighted by Gasteiger charge is 2.29. The monoisotopic (exact) mass is 312 g/mol. The first-order chi connectivity index (χ1) is 8.23. The van der Waals surface area contributed by atoms with Crippen molar-refractivity contribution >= 4 is 28.2 Å². The number of nitrogens with one attached hydrogen (secondary N) is 1. The molecule has 3 atom stereocenters. The van der Waals surface area contributed by atoms with E-state index < -0.39 is 15.1 Å². The first-order valence-electron chi connectivity index (χ1n) is 6.41. The van der Waals surface area contributed by atoms with Crippen LogP contribution in [-0.4, -0.2) is 56.4 Å². The first-order valence-corrected chi connectivity index (χ1v) is 8.37. The Morgan fingerprint density at radius 2 is 2.00 bits per heavy atom. The van der Waals surface area contributed by atoms with Gasteiger partial charge in [-0.05, 0) is 33.2 Å². The van der Waals surface area contributed by atoms with Crippen LogP contribution in [-0.2, 0) is 14.6 Å². The van der Waals surface area contributed by atoms with Crippen molar-refractivity contribution in [3.8, 4) is 0 Å². The van der Waals surface area contributed by atoms with Gasteiger partial charge in [-0.25, -0.2) is 8.42 Å². The van der Waals surface area contributed by atoms with Crippen LogP contribution in [0, 0.1) is 0 Å². The summed E-state index contributed by atoms with van der Waals surface area (Å²) in [5.41, 5.74) is 0. The van der Waals surface area contributed by atoms with Gasteiger partial charge in [-0.15, -0.1) is 12.4 Å². The molecule has 1 heterocycles. The lowest BCUT2D eigenvalue weighted by Crippen LogP contribution is -2.45. The number of amides is 1. The van der Waals surface area contributed by atoms with Crippen LogP contribution in [0.4, 0.5) is 0 Å². The quantitative estimate of drug-likeness (QED) is 0.816. The Balaban J connectivity index is 0.00000324. The van der Waals surface area contributed by atoms with E-state index in [1.807, 2.05) is 0 Å². The van der Waals surface area contributed by atoms with Crippen LogP contribution >= 0.6 is 12.4 Å². The van der Waals surface area contributed by atoms with Gasteiger partial charge in [0.25, 0.3) is 0 Å². The van der Waals surface area contributed by atoms with Crippen molar-refractivity contribution in [3.63, 3.8) is 0 Å². The third-order valence-electron chi connectivity index (χ3n) is 3.94. The average molecular weight is 313 g/mol. The summed E-state index contributed by atoms with van der Waals surface area (Å²) in [5.74, 6) is 0.0115. The molecule has 1 saturated heterocycles. The minimum absolute atomic E-state index is 0. The molecule has 0 radical (unpaired) electrons. The van der Waals surface area contributed by atoms with Gasteiger partial charge in [0, 0.05) is 31.8 Å². The summed E-state index contributed by atoms with van der Waals surface area (Å²) in [6.07, 6.45) is 3.80. The van der Waals surface area contributed by atoms with E-state index in [2.05, 4.69) is 5.32 Å². The van der Waals surface area contributed by atoms with Gasteiger partial charge in [-0.3, -0.25) is 4.79 Å². The molecule has 114 valence electrons. The Morgan fingerprint density at radius 1 is 1.42 bits per heavy atom. The summed E-state index contributed by atoms with van der Waals surface area (Å²) < 4.78 is 23.0. The average Bonchev–Trinajstić information content (AvgIpc) is 2.77. The van der Waals surface area contributed by atoms with E-state index in [0.29, 0.717) is 6.42 Å². The molecule has 0 aliphatic carbocycles. The highest BCUT2D eigenvalue weighted by molar-refractivity contribution is 7.91. The smallest absolute Gasteiger partial charge is 0.224 e. The van der Waals surface area contributed by atoms with Crippen LogP contribution < -0.4 is 5.32 Å². The molecule has 7 heteroatoms. The standard InChI is InChI=1S/C12H24N2O3S.ClH/c1-9(10(2)18(4,16)17)14(3)12(15)8-11-6-5-7-13-11;/h9-11,13H,5-8H2,1-4H3;1H. The molecule has 19 heavy (non-hydrogen) atoms. The van der Waals surface area contributed by atoms with Crippen molar-refractivity contribution in [3.05, 3.63) is 0 Å². The molecule has 0 bridgehead atoms. The third kappa shape index (κ3) is 5.28. The molecule has 0 aromatic carbocycles. The number of carbonyl (C=O) groups is 1. The molecule has 0 aromatic rings. The lowest BCUT2D eigenvalue weighted by Gasteiger charge is -2.29. The van der Waals surface area contributed by atoms with Gasteiger partial charge >= 0.3 is 0 Å². The van der Waals surface area contributed by atoms with Gasteiger partial charge in [0.1, 0.15) is 0 Å². The second kappa shape index (κ2) is 7.45. The molecular weight excluding hydrogens is 288 g/mol. The normalized spacial score (nSPS) is 22.4. The fourth-order valence-corrected chi connectivity index (χ4v) is 3.08. The number of halogens is 1. The van der Waals surface area contributed by atoms with Crippen molar-refractivity contribution < 1.29 is 13.2 Å². The summed E-state index contributed by atoms with van der Waals surface area (Å²) in [6, 6.07) is -0.0467. The largest absolute Gasteiger partial charge is 0.342 e. The van der Waals surface area contributed by atoms with Gasteiger partial charge in [-0.2, -0.15) is 0 Å². The highest BCUT2D eigenvalue weighted by Crippen LogP contribution is 2.14. The molecule has 1 aliphatic heterocycles.